The normalized spacial score (nSPS) is 17.3. The summed E-state index contributed by atoms with van der Waals surface area (Å²) < 4.78 is 92.1. The average Bonchev–Trinajstić information content (AvgIpc) is 2.35. The summed E-state index contributed by atoms with van der Waals surface area (Å²) in [4.78, 5) is 48.1. The van der Waals surface area contributed by atoms with Gasteiger partial charge >= 0.3 is 19.5 Å². The molecule has 2 heterocycles. The second-order valence-corrected chi connectivity index (χ2v) is 32.5. The van der Waals surface area contributed by atoms with Gasteiger partial charge in [0, 0.05) is 105 Å². The third kappa shape index (κ3) is 20.6. The Labute approximate surface area is 513 Å². The number of nitrogens with one attached hydrogen (secondary N) is 2. The van der Waals surface area contributed by atoms with Crippen LogP contribution in [-0.2, 0) is 52.5 Å². The van der Waals surface area contributed by atoms with Gasteiger partial charge in [-0.15, -0.1) is 11.8 Å². The van der Waals surface area contributed by atoms with Crippen LogP contribution in [-0.4, -0.2) is 159 Å². The molecule has 0 aromatic heterocycles. The molecule has 23 heteroatoms. The lowest BCUT2D eigenvalue weighted by Gasteiger charge is -2.39. The first-order valence-corrected chi connectivity index (χ1v) is 35.5. The monoisotopic (exact) mass is 1270 g/mol. The Morgan fingerprint density at radius 3 is 1.89 bits per heavy atom. The molecular formula is C62H86ClN6O12PS3. The molecule has 4 aromatic rings. The Morgan fingerprint density at radius 2 is 1.32 bits per heavy atom. The zero-order chi connectivity index (χ0) is 61.8. The van der Waals surface area contributed by atoms with E-state index in [2.05, 4.69) is 55.6 Å². The summed E-state index contributed by atoms with van der Waals surface area (Å²) in [5.41, 5.74) is 4.10. The minimum Gasteiger partial charge on any atom is -0.438 e. The van der Waals surface area contributed by atoms with E-state index in [1.807, 2.05) is 54.6 Å². The molecule has 1 aliphatic carbocycles. The molecule has 2 N–H and O–H groups in total. The molecule has 1 amide bonds. The molecule has 0 unspecified atom stereocenters. The van der Waals surface area contributed by atoms with Crippen LogP contribution in [0.4, 0.5) is 11.4 Å². The van der Waals surface area contributed by atoms with Crippen LogP contribution < -0.4 is 14.9 Å². The fraction of sp³-hybridized carbons (Fsp3) is 0.532. The highest BCUT2D eigenvalue weighted by Gasteiger charge is 2.33. The highest BCUT2D eigenvalue weighted by atomic mass is 35.5. The van der Waals surface area contributed by atoms with Gasteiger partial charge in [0.25, 0.3) is 15.9 Å². The van der Waals surface area contributed by atoms with E-state index in [9.17, 15) is 35.8 Å². The number of anilines is 2. The third-order valence-corrected chi connectivity index (χ3v) is 21.1. The molecule has 0 radical (unpaired) electrons. The molecule has 85 heavy (non-hydrogen) atoms. The fourth-order valence-electron chi connectivity index (χ4n) is 10.3. The van der Waals surface area contributed by atoms with Crippen LogP contribution >= 0.6 is 31.0 Å². The Balaban J connectivity index is 0.928. The van der Waals surface area contributed by atoms with Crippen molar-refractivity contribution in [3.8, 4) is 0 Å². The van der Waals surface area contributed by atoms with E-state index in [0.29, 0.717) is 31.7 Å². The van der Waals surface area contributed by atoms with Gasteiger partial charge in [-0.2, -0.15) is 0 Å². The van der Waals surface area contributed by atoms with Crippen LogP contribution in [0.3, 0.4) is 0 Å². The van der Waals surface area contributed by atoms with E-state index >= 15 is 0 Å². The molecule has 18 nitrogen and oxygen atoms in total. The van der Waals surface area contributed by atoms with Crippen LogP contribution in [0.5, 0.6) is 0 Å². The van der Waals surface area contributed by atoms with Crippen molar-refractivity contribution in [1.29, 1.82) is 0 Å². The van der Waals surface area contributed by atoms with E-state index in [1.165, 1.54) is 28.8 Å². The molecule has 7 rings (SSSR count). The number of rotatable bonds is 26. The van der Waals surface area contributed by atoms with Crippen molar-refractivity contribution >= 4 is 85.6 Å². The molecule has 2 saturated heterocycles. The number of piperazine rings is 2. The number of hydrogen-bond acceptors (Lipinski definition) is 18. The number of benzene rings is 4. The Morgan fingerprint density at radius 1 is 0.741 bits per heavy atom. The number of esters is 2. The number of allylic oxidation sites excluding steroid dienone is 1. The molecule has 4 aromatic carbocycles. The minimum atomic E-state index is -4.52. The van der Waals surface area contributed by atoms with E-state index in [4.69, 9.17) is 30.1 Å². The standard InChI is InChI=1S/C62H86ClN6O12PS3/c1-60(2,3)58(71)78-44-80-82(73,81-45-79-59(72)61(4,5)6)39-13-29-66-31-33-67(34-32-66)30-27-50(43-83-52-14-11-10-12-15-52)64-55-25-24-53(40-56(55)84(9,74)75)85(76,77)65-57(70)47-18-22-51(23-19-47)69-37-35-68(36-38-69)42-48-41-62(7,8)28-26-54(48)46-16-20-49(63)21-17-46/h10-12,14-25,40,50,64H,13,26-39,41-45H2,1-9H3,(H,65,70)/t50-/m1/s1. The highest BCUT2D eigenvalue weighted by Crippen LogP contribution is 2.49. The van der Waals surface area contributed by atoms with Gasteiger partial charge in [0.15, 0.2) is 9.84 Å². The van der Waals surface area contributed by atoms with Gasteiger partial charge in [-0.05, 0) is 163 Å². The van der Waals surface area contributed by atoms with Crippen molar-refractivity contribution in [3.63, 3.8) is 0 Å². The van der Waals surface area contributed by atoms with Crippen molar-refractivity contribution < 1.29 is 54.3 Å². The second-order valence-electron chi connectivity index (χ2n) is 25.1. The van der Waals surface area contributed by atoms with Gasteiger partial charge in [-0.25, -0.2) is 21.6 Å². The molecule has 1 atom stereocenters. The number of amides is 1. The summed E-state index contributed by atoms with van der Waals surface area (Å²) in [6, 6.07) is 28.5. The Bertz CT molecular complexity index is 3200. The van der Waals surface area contributed by atoms with Crippen LogP contribution in [0.2, 0.25) is 5.02 Å². The van der Waals surface area contributed by atoms with Gasteiger partial charge in [-0.3, -0.25) is 32.9 Å². The van der Waals surface area contributed by atoms with Crippen LogP contribution in [0, 0.1) is 16.2 Å². The van der Waals surface area contributed by atoms with Gasteiger partial charge in [0.05, 0.1) is 32.5 Å². The number of nitrogens with zero attached hydrogens (tertiary/aromatic N) is 4. The number of thioether (sulfide) groups is 1. The SMILES string of the molecule is CC1(C)CCC(c2ccc(Cl)cc2)=C(CN2CCN(c3ccc(C(=O)NS(=O)(=O)c4ccc(N[C@H](CCN5CCN(CCCP(=O)(OCOC(=O)C(C)(C)C)OCOC(=O)C(C)(C)C)CC5)CSc5ccccc5)c(S(C)(=O)=O)c4)cc3)CC2)C1. The molecule has 0 spiro atoms. The van der Waals surface area contributed by atoms with Crippen LogP contribution in [0.25, 0.3) is 5.57 Å². The first kappa shape index (κ1) is 67.7. The number of carbonyl (C=O) groups is 3. The van der Waals surface area contributed by atoms with Crippen molar-refractivity contribution in [1.82, 2.24) is 19.4 Å². The first-order chi connectivity index (χ1) is 39.9. The molecule has 3 aliphatic rings. The van der Waals surface area contributed by atoms with E-state index in [1.54, 1.807) is 65.4 Å². The molecule has 0 bridgehead atoms. The molecule has 0 saturated carbocycles. The minimum absolute atomic E-state index is 0.00234. The van der Waals surface area contributed by atoms with Crippen molar-refractivity contribution in [2.24, 2.45) is 16.2 Å². The predicted molar refractivity (Wildman–Crippen MR) is 337 cm³/mol. The third-order valence-electron chi connectivity index (χ3n) is 15.4. The zero-order valence-corrected chi connectivity index (χ0v) is 54.8. The number of carbonyl (C=O) groups excluding carboxylic acids is 3. The molecule has 466 valence electrons. The summed E-state index contributed by atoms with van der Waals surface area (Å²) in [5, 5.41) is 4.18. The van der Waals surface area contributed by atoms with E-state index < -0.39 is 69.7 Å². The maximum Gasteiger partial charge on any atom is 0.336 e. The summed E-state index contributed by atoms with van der Waals surface area (Å²) in [6.07, 6.45) is 5.29. The topological polar surface area (TPSA) is 210 Å². The smallest absolute Gasteiger partial charge is 0.336 e. The quantitative estimate of drug-likeness (QED) is 0.0259. The van der Waals surface area contributed by atoms with E-state index in [0.717, 1.165) is 106 Å². The Hall–Kier alpha value is -4.80. The van der Waals surface area contributed by atoms with Crippen LogP contribution in [0.15, 0.2) is 117 Å². The first-order valence-electron chi connectivity index (χ1n) is 29.0. The van der Waals surface area contributed by atoms with Gasteiger partial charge in [0.2, 0.25) is 13.6 Å². The summed E-state index contributed by atoms with van der Waals surface area (Å²) in [5.74, 6) is -1.34. The zero-order valence-electron chi connectivity index (χ0n) is 50.7. The lowest BCUT2D eigenvalue weighted by Crippen LogP contribution is -2.47. The number of halogens is 1. The second kappa shape index (κ2) is 29.5. The lowest BCUT2D eigenvalue weighted by atomic mass is 9.73. The molecule has 2 fully saturated rings. The van der Waals surface area contributed by atoms with Crippen molar-refractivity contribution in [3.05, 3.63) is 119 Å². The maximum atomic E-state index is 13.9. The average molecular weight is 1270 g/mol. The highest BCUT2D eigenvalue weighted by molar-refractivity contribution is 7.99. The molecule has 2 aliphatic heterocycles. The predicted octanol–water partition coefficient (Wildman–Crippen LogP) is 10.9. The Kier molecular flexibility index (Phi) is 23.5. The van der Waals surface area contributed by atoms with Gasteiger partial charge < -0.3 is 29.5 Å². The summed E-state index contributed by atoms with van der Waals surface area (Å²) in [6.45, 7) is 22.0. The number of sulfonamides is 1. The maximum absolute atomic E-state index is 13.9. The lowest BCUT2D eigenvalue weighted by molar-refractivity contribution is -0.162. The number of ether oxygens (including phenoxy) is 2. The fourth-order valence-corrected chi connectivity index (χ4v) is 14.6. The number of hydrogen-bond donors (Lipinski definition) is 2. The van der Waals surface area contributed by atoms with Gasteiger partial charge in [0.1, 0.15) is 0 Å². The van der Waals surface area contributed by atoms with Gasteiger partial charge in [-0.1, -0.05) is 61.4 Å². The number of sulfone groups is 1. The largest absolute Gasteiger partial charge is 0.438 e. The summed E-state index contributed by atoms with van der Waals surface area (Å²) in [7, 11) is -12.4. The van der Waals surface area contributed by atoms with E-state index in [-0.39, 0.29) is 38.7 Å². The van der Waals surface area contributed by atoms with Crippen LogP contribution in [0.1, 0.15) is 103 Å². The molecular weight excluding hydrogens is 1180 g/mol. The van der Waals surface area contributed by atoms with Crippen molar-refractivity contribution in [2.45, 2.75) is 108 Å². The summed E-state index contributed by atoms with van der Waals surface area (Å²) >= 11 is 7.85. The van der Waals surface area contributed by atoms with Crippen molar-refractivity contribution in [2.75, 3.05) is 114 Å².